The van der Waals surface area contributed by atoms with Gasteiger partial charge in [-0.25, -0.2) is 0 Å². The summed E-state index contributed by atoms with van der Waals surface area (Å²) >= 11 is 0. The lowest BCUT2D eigenvalue weighted by Gasteiger charge is -2.45. The van der Waals surface area contributed by atoms with Crippen LogP contribution in [0.5, 0.6) is 0 Å². The summed E-state index contributed by atoms with van der Waals surface area (Å²) < 4.78 is 5.88. The summed E-state index contributed by atoms with van der Waals surface area (Å²) in [5.74, 6) is -2.38. The second-order valence-corrected chi connectivity index (χ2v) is 8.46. The van der Waals surface area contributed by atoms with Gasteiger partial charge in [-0.05, 0) is 43.6 Å². The van der Waals surface area contributed by atoms with E-state index in [0.717, 1.165) is 19.3 Å². The van der Waals surface area contributed by atoms with Gasteiger partial charge in [0.1, 0.15) is 11.0 Å². The van der Waals surface area contributed by atoms with Gasteiger partial charge in [0, 0.05) is 11.8 Å². The van der Waals surface area contributed by atoms with Crippen LogP contribution in [0.25, 0.3) is 0 Å². The summed E-state index contributed by atoms with van der Waals surface area (Å²) in [7, 11) is 0. The van der Waals surface area contributed by atoms with Crippen molar-refractivity contribution in [1.82, 2.24) is 0 Å². The van der Waals surface area contributed by atoms with Crippen molar-refractivity contribution in [3.05, 3.63) is 24.8 Å². The number of carbonyl (C=O) groups is 2. The molecule has 5 nitrogen and oxygen atoms in total. The van der Waals surface area contributed by atoms with E-state index in [1.165, 1.54) is 0 Å². The number of rotatable bonds is 2. The molecule has 3 aliphatic carbocycles. The fourth-order valence-electron chi connectivity index (χ4n) is 6.44. The zero-order chi connectivity index (χ0) is 17.5. The molecule has 0 radical (unpaired) electrons. The standard InChI is InChI=1S/C19H24O5/c1-4-10-5-6-11-17(2,9-10)13(15(21)22)14-18(3)12(20)7-8-19(11,14)24-16(18)23/h4,7-8,10-14,20H,1,5-6,9H2,2-3H3,(H,21,22). The Hall–Kier alpha value is -1.62. The Morgan fingerprint density at radius 1 is 1.42 bits per heavy atom. The first-order chi connectivity index (χ1) is 11.2. The summed E-state index contributed by atoms with van der Waals surface area (Å²) in [6.45, 7) is 7.57. The van der Waals surface area contributed by atoms with Gasteiger partial charge in [-0.1, -0.05) is 19.1 Å². The normalized spacial score (nSPS) is 54.8. The van der Waals surface area contributed by atoms with Gasteiger partial charge in [-0.15, -0.1) is 6.58 Å². The minimum absolute atomic E-state index is 0.0400. The highest BCUT2D eigenvalue weighted by molar-refractivity contribution is 5.86. The molecule has 2 N–H and O–H groups in total. The lowest BCUT2D eigenvalue weighted by atomic mass is 9.60. The minimum atomic E-state index is -1.19. The fourth-order valence-corrected chi connectivity index (χ4v) is 6.44. The van der Waals surface area contributed by atoms with Gasteiger partial charge >= 0.3 is 11.9 Å². The molecular formula is C19H24O5. The Labute approximate surface area is 141 Å². The molecule has 4 aliphatic rings. The number of aliphatic carboxylic acids is 1. The van der Waals surface area contributed by atoms with Crippen LogP contribution in [0.4, 0.5) is 0 Å². The molecule has 130 valence electrons. The van der Waals surface area contributed by atoms with Gasteiger partial charge < -0.3 is 14.9 Å². The lowest BCUT2D eigenvalue weighted by Crippen LogP contribution is -2.50. The van der Waals surface area contributed by atoms with E-state index in [-0.39, 0.29) is 11.8 Å². The predicted molar refractivity (Wildman–Crippen MR) is 85.8 cm³/mol. The second kappa shape index (κ2) is 4.51. The van der Waals surface area contributed by atoms with E-state index in [0.29, 0.717) is 0 Å². The predicted octanol–water partition coefficient (Wildman–Crippen LogP) is 2.16. The number of ether oxygens (including phenoxy) is 1. The van der Waals surface area contributed by atoms with Crippen LogP contribution < -0.4 is 0 Å². The summed E-state index contributed by atoms with van der Waals surface area (Å²) in [5, 5.41) is 20.6. The number of aliphatic hydroxyl groups excluding tert-OH is 1. The van der Waals surface area contributed by atoms with Gasteiger partial charge in [0.05, 0.1) is 12.0 Å². The van der Waals surface area contributed by atoms with Crippen LogP contribution in [0.3, 0.4) is 0 Å². The molecule has 1 saturated heterocycles. The van der Waals surface area contributed by atoms with Gasteiger partial charge in [-0.3, -0.25) is 9.59 Å². The molecule has 8 atom stereocenters. The maximum absolute atomic E-state index is 12.6. The van der Waals surface area contributed by atoms with Crippen molar-refractivity contribution in [2.75, 3.05) is 0 Å². The molecule has 0 aromatic heterocycles. The molecule has 1 heterocycles. The molecule has 1 aliphatic heterocycles. The Kier molecular flexibility index (Phi) is 2.98. The first kappa shape index (κ1) is 15.9. The van der Waals surface area contributed by atoms with E-state index >= 15 is 0 Å². The average Bonchev–Trinajstić information content (AvgIpc) is 2.84. The average molecular weight is 332 g/mol. The highest BCUT2D eigenvalue weighted by atomic mass is 16.6. The van der Waals surface area contributed by atoms with Crippen molar-refractivity contribution in [1.29, 1.82) is 0 Å². The van der Waals surface area contributed by atoms with Crippen LogP contribution in [-0.4, -0.2) is 33.9 Å². The number of carbonyl (C=O) groups excluding carboxylic acids is 1. The third-order valence-corrected chi connectivity index (χ3v) is 7.51. The van der Waals surface area contributed by atoms with E-state index in [2.05, 4.69) is 6.58 Å². The third-order valence-electron chi connectivity index (χ3n) is 7.51. The lowest BCUT2D eigenvalue weighted by molar-refractivity contribution is -0.161. The molecule has 2 bridgehead atoms. The smallest absolute Gasteiger partial charge is 0.316 e. The number of esters is 1. The Morgan fingerprint density at radius 3 is 2.75 bits per heavy atom. The number of allylic oxidation sites excluding steroid dienone is 1. The Morgan fingerprint density at radius 2 is 2.12 bits per heavy atom. The van der Waals surface area contributed by atoms with Gasteiger partial charge in [0.25, 0.3) is 0 Å². The molecule has 0 spiro atoms. The number of carboxylic acid groups (broad SMARTS) is 1. The Bertz CT molecular complexity index is 669. The van der Waals surface area contributed by atoms with Crippen LogP contribution in [0.2, 0.25) is 0 Å². The molecule has 5 heteroatoms. The molecule has 24 heavy (non-hydrogen) atoms. The van der Waals surface area contributed by atoms with E-state index in [1.807, 2.05) is 13.0 Å². The van der Waals surface area contributed by atoms with Crippen molar-refractivity contribution < 1.29 is 24.5 Å². The topological polar surface area (TPSA) is 83.8 Å². The number of carboxylic acids is 1. The quantitative estimate of drug-likeness (QED) is 0.598. The van der Waals surface area contributed by atoms with E-state index < -0.39 is 46.3 Å². The molecule has 0 aromatic rings. The molecule has 3 fully saturated rings. The van der Waals surface area contributed by atoms with Gasteiger partial charge in [0.15, 0.2) is 0 Å². The monoisotopic (exact) mass is 332 g/mol. The molecular weight excluding hydrogens is 308 g/mol. The van der Waals surface area contributed by atoms with Crippen LogP contribution in [0.15, 0.2) is 24.8 Å². The summed E-state index contributed by atoms with van der Waals surface area (Å²) in [5.41, 5.74) is -2.57. The molecule has 0 aromatic carbocycles. The summed E-state index contributed by atoms with van der Waals surface area (Å²) in [6, 6.07) is 0. The van der Waals surface area contributed by atoms with Crippen LogP contribution in [0.1, 0.15) is 33.1 Å². The van der Waals surface area contributed by atoms with Crippen molar-refractivity contribution in [3.8, 4) is 0 Å². The first-order valence-corrected chi connectivity index (χ1v) is 8.68. The van der Waals surface area contributed by atoms with Crippen LogP contribution in [-0.2, 0) is 14.3 Å². The number of aliphatic hydroxyl groups is 1. The van der Waals surface area contributed by atoms with Crippen molar-refractivity contribution >= 4 is 11.9 Å². The summed E-state index contributed by atoms with van der Waals surface area (Å²) in [4.78, 5) is 24.9. The Balaban J connectivity index is 1.93. The third kappa shape index (κ3) is 1.50. The van der Waals surface area contributed by atoms with Crippen LogP contribution >= 0.6 is 0 Å². The zero-order valence-corrected chi connectivity index (χ0v) is 14.1. The zero-order valence-electron chi connectivity index (χ0n) is 14.1. The summed E-state index contributed by atoms with van der Waals surface area (Å²) in [6.07, 6.45) is 6.78. The number of fused-ring (bicyclic) bond motifs is 1. The fraction of sp³-hybridized carbons (Fsp3) is 0.684. The van der Waals surface area contributed by atoms with E-state index in [9.17, 15) is 19.8 Å². The second-order valence-electron chi connectivity index (χ2n) is 8.46. The molecule has 4 rings (SSSR count). The molecule has 8 unspecified atom stereocenters. The highest BCUT2D eigenvalue weighted by Crippen LogP contribution is 2.72. The van der Waals surface area contributed by atoms with Crippen molar-refractivity contribution in [2.24, 2.45) is 34.5 Å². The van der Waals surface area contributed by atoms with Gasteiger partial charge in [-0.2, -0.15) is 0 Å². The minimum Gasteiger partial charge on any atom is -0.481 e. The largest absolute Gasteiger partial charge is 0.481 e. The number of hydrogen-bond acceptors (Lipinski definition) is 4. The van der Waals surface area contributed by atoms with E-state index in [1.54, 1.807) is 19.1 Å². The SMILES string of the molecule is C=CC1CCC2C(C)(C1)C(C(=O)O)C1C23C=CC(O)C1(C)C(=O)O3. The molecule has 0 amide bonds. The maximum Gasteiger partial charge on any atom is 0.316 e. The highest BCUT2D eigenvalue weighted by Gasteiger charge is 2.80. The number of hydrogen-bond donors (Lipinski definition) is 2. The maximum atomic E-state index is 12.6. The van der Waals surface area contributed by atoms with Crippen molar-refractivity contribution in [3.63, 3.8) is 0 Å². The van der Waals surface area contributed by atoms with Gasteiger partial charge in [0.2, 0.25) is 0 Å². The molecule has 2 saturated carbocycles. The van der Waals surface area contributed by atoms with E-state index in [4.69, 9.17) is 4.74 Å². The van der Waals surface area contributed by atoms with Crippen molar-refractivity contribution in [2.45, 2.75) is 44.8 Å². The van der Waals surface area contributed by atoms with Crippen LogP contribution in [0, 0.1) is 34.5 Å². The first-order valence-electron chi connectivity index (χ1n) is 8.68.